The summed E-state index contributed by atoms with van der Waals surface area (Å²) in [4.78, 5) is 2.45. The van der Waals surface area contributed by atoms with Crippen LogP contribution in [0.4, 0.5) is 11.4 Å². The highest BCUT2D eigenvalue weighted by Gasteiger charge is 2.21. The lowest BCUT2D eigenvalue weighted by Gasteiger charge is -2.34. The first-order valence-electron chi connectivity index (χ1n) is 8.29. The fourth-order valence-electron chi connectivity index (χ4n) is 2.89. The number of anilines is 2. The van der Waals surface area contributed by atoms with E-state index in [1.807, 2.05) is 19.1 Å². The number of sulfonamides is 1. The molecule has 136 valence electrons. The maximum absolute atomic E-state index is 12.8. The van der Waals surface area contributed by atoms with Gasteiger partial charge in [-0.2, -0.15) is 0 Å². The number of benzene rings is 2. The van der Waals surface area contributed by atoms with Crippen LogP contribution in [0.3, 0.4) is 0 Å². The van der Waals surface area contributed by atoms with E-state index >= 15 is 0 Å². The second kappa shape index (κ2) is 7.79. The third-order valence-electron chi connectivity index (χ3n) is 3.93. The van der Waals surface area contributed by atoms with Crippen LogP contribution in [0.25, 0.3) is 0 Å². The zero-order chi connectivity index (χ0) is 18.8. The molecule has 4 nitrogen and oxygen atoms in total. The molecule has 0 atom stereocenters. The fraction of sp³-hybridized carbons (Fsp3) is 0.368. The van der Waals surface area contributed by atoms with E-state index in [-0.39, 0.29) is 17.0 Å². The second-order valence-corrected chi connectivity index (χ2v) is 9.27. The SMILES string of the molecule is Cc1ccc(S(=O)(=O)Nc2cc(Br)ccc2N(C(C)C)C(C)C)cc1. The van der Waals surface area contributed by atoms with Gasteiger partial charge in [0.1, 0.15) is 0 Å². The van der Waals surface area contributed by atoms with Gasteiger partial charge in [0.15, 0.2) is 0 Å². The number of halogens is 1. The number of hydrogen-bond donors (Lipinski definition) is 1. The molecule has 0 heterocycles. The molecule has 0 fully saturated rings. The van der Waals surface area contributed by atoms with E-state index in [4.69, 9.17) is 0 Å². The van der Waals surface area contributed by atoms with Crippen LogP contribution in [0.2, 0.25) is 0 Å². The van der Waals surface area contributed by atoms with Crippen molar-refractivity contribution in [3.05, 3.63) is 52.5 Å². The summed E-state index contributed by atoms with van der Waals surface area (Å²) in [6, 6.07) is 13.0. The third kappa shape index (κ3) is 4.76. The Hall–Kier alpha value is -1.53. The predicted molar refractivity (Wildman–Crippen MR) is 109 cm³/mol. The zero-order valence-corrected chi connectivity index (χ0v) is 17.6. The lowest BCUT2D eigenvalue weighted by molar-refractivity contribution is 0.599. The Bertz CT molecular complexity index is 823. The molecule has 0 saturated carbocycles. The molecule has 0 aliphatic rings. The summed E-state index contributed by atoms with van der Waals surface area (Å²) >= 11 is 3.44. The number of hydrogen-bond acceptors (Lipinski definition) is 3. The molecule has 2 aromatic rings. The van der Waals surface area contributed by atoms with Crippen LogP contribution in [-0.2, 0) is 10.0 Å². The van der Waals surface area contributed by atoms with Crippen molar-refractivity contribution in [2.24, 2.45) is 0 Å². The highest BCUT2D eigenvalue weighted by molar-refractivity contribution is 9.10. The molecule has 0 spiro atoms. The van der Waals surface area contributed by atoms with Gasteiger partial charge in [-0.25, -0.2) is 8.42 Å². The van der Waals surface area contributed by atoms with Gasteiger partial charge in [-0.3, -0.25) is 4.72 Å². The van der Waals surface area contributed by atoms with E-state index in [9.17, 15) is 8.42 Å². The Kier molecular flexibility index (Phi) is 6.16. The summed E-state index contributed by atoms with van der Waals surface area (Å²) < 4.78 is 29.2. The zero-order valence-electron chi connectivity index (χ0n) is 15.2. The molecule has 0 saturated heterocycles. The number of nitrogens with zero attached hydrogens (tertiary/aromatic N) is 1. The Labute approximate surface area is 159 Å². The molecular weight excluding hydrogens is 400 g/mol. The van der Waals surface area contributed by atoms with Crippen LogP contribution in [0.1, 0.15) is 33.3 Å². The summed E-state index contributed by atoms with van der Waals surface area (Å²) in [5, 5.41) is 0. The van der Waals surface area contributed by atoms with E-state index in [2.05, 4.69) is 53.2 Å². The summed E-state index contributed by atoms with van der Waals surface area (Å²) in [5.41, 5.74) is 2.45. The van der Waals surface area contributed by atoms with Crippen LogP contribution in [0.5, 0.6) is 0 Å². The van der Waals surface area contributed by atoms with E-state index in [0.717, 1.165) is 15.7 Å². The second-order valence-electron chi connectivity index (χ2n) is 6.67. The first kappa shape index (κ1) is 19.8. The quantitative estimate of drug-likeness (QED) is 0.694. The molecule has 0 unspecified atom stereocenters. The van der Waals surface area contributed by atoms with Crippen LogP contribution in [0, 0.1) is 6.92 Å². The van der Waals surface area contributed by atoms with Gasteiger partial charge >= 0.3 is 0 Å². The average Bonchev–Trinajstić information content (AvgIpc) is 2.49. The number of aryl methyl sites for hydroxylation is 1. The maximum Gasteiger partial charge on any atom is 0.261 e. The minimum absolute atomic E-state index is 0.240. The topological polar surface area (TPSA) is 49.4 Å². The molecule has 0 radical (unpaired) electrons. The Balaban J connectivity index is 2.48. The smallest absolute Gasteiger partial charge is 0.261 e. The van der Waals surface area contributed by atoms with Crippen molar-refractivity contribution in [3.63, 3.8) is 0 Å². The van der Waals surface area contributed by atoms with Gasteiger partial charge in [0.05, 0.1) is 16.3 Å². The monoisotopic (exact) mass is 424 g/mol. The number of rotatable bonds is 6. The summed E-state index contributed by atoms with van der Waals surface area (Å²) in [7, 11) is -3.65. The number of nitrogens with one attached hydrogen (secondary N) is 1. The molecule has 25 heavy (non-hydrogen) atoms. The lowest BCUT2D eigenvalue weighted by atomic mass is 10.1. The molecule has 1 N–H and O–H groups in total. The fourth-order valence-corrected chi connectivity index (χ4v) is 4.32. The molecule has 2 rings (SSSR count). The maximum atomic E-state index is 12.8. The van der Waals surface area contributed by atoms with Gasteiger partial charge < -0.3 is 4.90 Å². The van der Waals surface area contributed by atoms with Crippen molar-refractivity contribution in [1.29, 1.82) is 0 Å². The van der Waals surface area contributed by atoms with Crippen molar-refractivity contribution in [2.75, 3.05) is 9.62 Å². The molecule has 0 aliphatic carbocycles. The van der Waals surface area contributed by atoms with Crippen molar-refractivity contribution in [3.8, 4) is 0 Å². The first-order valence-corrected chi connectivity index (χ1v) is 10.6. The summed E-state index contributed by atoms with van der Waals surface area (Å²) in [5.74, 6) is 0. The van der Waals surface area contributed by atoms with Gasteiger partial charge in [-0.1, -0.05) is 33.6 Å². The van der Waals surface area contributed by atoms with Crippen LogP contribution in [-0.4, -0.2) is 20.5 Å². The van der Waals surface area contributed by atoms with Crippen molar-refractivity contribution in [1.82, 2.24) is 0 Å². The van der Waals surface area contributed by atoms with Crippen LogP contribution in [0.15, 0.2) is 51.8 Å². The standard InChI is InChI=1S/C19H25BrN2O2S/c1-13(2)22(14(3)4)19-11-8-16(20)12-18(19)21-25(23,24)17-9-6-15(5)7-10-17/h6-14,21H,1-5H3. The molecular formula is C19H25BrN2O2S. The van der Waals surface area contributed by atoms with Gasteiger partial charge in [-0.15, -0.1) is 0 Å². The van der Waals surface area contributed by atoms with E-state index in [1.54, 1.807) is 30.3 Å². The average molecular weight is 425 g/mol. The van der Waals surface area contributed by atoms with E-state index in [0.29, 0.717) is 5.69 Å². The molecule has 0 bridgehead atoms. The molecule has 0 amide bonds. The third-order valence-corrected chi connectivity index (χ3v) is 5.80. The van der Waals surface area contributed by atoms with E-state index < -0.39 is 10.0 Å². The van der Waals surface area contributed by atoms with Crippen LogP contribution >= 0.6 is 15.9 Å². The molecule has 0 aromatic heterocycles. The molecule has 6 heteroatoms. The predicted octanol–water partition coefficient (Wildman–Crippen LogP) is 5.18. The first-order chi connectivity index (χ1) is 11.6. The Morgan fingerprint density at radius 2 is 1.52 bits per heavy atom. The van der Waals surface area contributed by atoms with Crippen molar-refractivity contribution in [2.45, 2.75) is 51.6 Å². The van der Waals surface area contributed by atoms with Crippen molar-refractivity contribution < 1.29 is 8.42 Å². The largest absolute Gasteiger partial charge is 0.365 e. The normalized spacial score (nSPS) is 11.8. The van der Waals surface area contributed by atoms with Crippen molar-refractivity contribution >= 4 is 37.3 Å². The highest BCUT2D eigenvalue weighted by atomic mass is 79.9. The molecule has 0 aliphatic heterocycles. The minimum Gasteiger partial charge on any atom is -0.365 e. The van der Waals surface area contributed by atoms with E-state index in [1.165, 1.54) is 0 Å². The van der Waals surface area contributed by atoms with Gasteiger partial charge in [-0.05, 0) is 65.0 Å². The summed E-state index contributed by atoms with van der Waals surface area (Å²) in [6.45, 7) is 10.3. The Morgan fingerprint density at radius 3 is 2.04 bits per heavy atom. The Morgan fingerprint density at radius 1 is 0.960 bits per heavy atom. The van der Waals surface area contributed by atoms with Gasteiger partial charge in [0, 0.05) is 16.6 Å². The van der Waals surface area contributed by atoms with Crippen LogP contribution < -0.4 is 9.62 Å². The summed E-state index contributed by atoms with van der Waals surface area (Å²) in [6.07, 6.45) is 0. The molecule has 2 aromatic carbocycles. The minimum atomic E-state index is -3.65. The lowest BCUT2D eigenvalue weighted by Crippen LogP contribution is -2.37. The van der Waals surface area contributed by atoms with Gasteiger partial charge in [0.25, 0.3) is 10.0 Å². The van der Waals surface area contributed by atoms with Gasteiger partial charge in [0.2, 0.25) is 0 Å². The highest BCUT2D eigenvalue weighted by Crippen LogP contribution is 2.33.